The quantitative estimate of drug-likeness (QED) is 0.765. The third kappa shape index (κ3) is 2.78. The highest BCUT2D eigenvalue weighted by atomic mass is 35.5. The van der Waals surface area contributed by atoms with Crippen LogP contribution in [0.5, 0.6) is 0 Å². The molecule has 0 aromatic heterocycles. The molecule has 0 saturated carbocycles. The molecule has 2 aromatic carbocycles. The summed E-state index contributed by atoms with van der Waals surface area (Å²) in [6.45, 7) is 0. The number of nitrogens with two attached hydrogens (primary N) is 1. The van der Waals surface area contributed by atoms with Crippen LogP contribution in [0.2, 0.25) is 15.1 Å². The van der Waals surface area contributed by atoms with E-state index >= 15 is 0 Å². The summed E-state index contributed by atoms with van der Waals surface area (Å²) in [4.78, 5) is 0. The highest BCUT2D eigenvalue weighted by molar-refractivity contribution is 6.43. The third-order valence-corrected chi connectivity index (χ3v) is 3.35. The summed E-state index contributed by atoms with van der Waals surface area (Å²) >= 11 is 18.0. The summed E-state index contributed by atoms with van der Waals surface area (Å²) in [6.07, 6.45) is 0. The summed E-state index contributed by atoms with van der Waals surface area (Å²) in [5.41, 5.74) is 7.65. The highest BCUT2D eigenvalue weighted by Crippen LogP contribution is 2.34. The number of halogens is 3. The first-order chi connectivity index (χ1) is 8.08. The number of hydrogen-bond donors (Lipinski definition) is 2. The fraction of sp³-hybridized carbons (Fsp3) is 0. The Morgan fingerprint density at radius 1 is 0.882 bits per heavy atom. The van der Waals surface area contributed by atoms with E-state index in [4.69, 9.17) is 40.5 Å². The van der Waals surface area contributed by atoms with Crippen molar-refractivity contribution in [3.05, 3.63) is 51.5 Å². The van der Waals surface area contributed by atoms with Crippen molar-refractivity contribution in [1.29, 1.82) is 0 Å². The fourth-order valence-corrected chi connectivity index (χ4v) is 1.96. The average Bonchev–Trinajstić information content (AvgIpc) is 2.28. The Balaban J connectivity index is 2.35. The van der Waals surface area contributed by atoms with Gasteiger partial charge in [-0.1, -0.05) is 40.9 Å². The van der Waals surface area contributed by atoms with Gasteiger partial charge in [0, 0.05) is 5.69 Å². The second kappa shape index (κ2) is 5.05. The summed E-state index contributed by atoms with van der Waals surface area (Å²) in [6, 6.07) is 10.6. The van der Waals surface area contributed by atoms with Gasteiger partial charge in [-0.25, -0.2) is 0 Å². The van der Waals surface area contributed by atoms with Gasteiger partial charge in [-0.05, 0) is 30.3 Å². The molecule has 0 aliphatic heterocycles. The standard InChI is InChI=1S/C12H9Cl3N2/c13-8-2-1-3-11(12(8)15)17-10-5-4-7(16)6-9(10)14/h1-6,17H,16H2. The monoisotopic (exact) mass is 286 g/mol. The molecule has 0 saturated heterocycles. The van der Waals surface area contributed by atoms with Gasteiger partial charge in [-0.2, -0.15) is 0 Å². The lowest BCUT2D eigenvalue weighted by Gasteiger charge is -2.11. The van der Waals surface area contributed by atoms with Crippen LogP contribution in [0.15, 0.2) is 36.4 Å². The first-order valence-electron chi connectivity index (χ1n) is 4.84. The minimum atomic E-state index is 0.460. The van der Waals surface area contributed by atoms with Crippen LogP contribution >= 0.6 is 34.8 Å². The Morgan fingerprint density at radius 2 is 1.65 bits per heavy atom. The number of rotatable bonds is 2. The molecule has 0 unspecified atom stereocenters. The summed E-state index contributed by atoms with van der Waals surface area (Å²) in [5.74, 6) is 0. The molecule has 0 bridgehead atoms. The van der Waals surface area contributed by atoms with Gasteiger partial charge in [0.1, 0.15) is 0 Å². The molecule has 2 aromatic rings. The molecule has 0 amide bonds. The number of anilines is 3. The Kier molecular flexibility index (Phi) is 3.67. The number of nitrogen functional groups attached to an aromatic ring is 1. The fourth-order valence-electron chi connectivity index (χ4n) is 1.38. The Bertz CT molecular complexity index is 555. The van der Waals surface area contributed by atoms with E-state index in [0.29, 0.717) is 26.4 Å². The van der Waals surface area contributed by atoms with E-state index in [-0.39, 0.29) is 0 Å². The smallest absolute Gasteiger partial charge is 0.0827 e. The van der Waals surface area contributed by atoms with Crippen molar-refractivity contribution in [2.75, 3.05) is 11.1 Å². The van der Waals surface area contributed by atoms with Gasteiger partial charge in [0.15, 0.2) is 0 Å². The van der Waals surface area contributed by atoms with Crippen LogP contribution in [-0.2, 0) is 0 Å². The lowest BCUT2D eigenvalue weighted by molar-refractivity contribution is 1.55. The summed E-state index contributed by atoms with van der Waals surface area (Å²) in [7, 11) is 0. The Morgan fingerprint density at radius 3 is 2.35 bits per heavy atom. The van der Waals surface area contributed by atoms with Crippen molar-refractivity contribution < 1.29 is 0 Å². The topological polar surface area (TPSA) is 38.0 Å². The van der Waals surface area contributed by atoms with Gasteiger partial charge < -0.3 is 11.1 Å². The predicted molar refractivity (Wildman–Crippen MR) is 75.6 cm³/mol. The van der Waals surface area contributed by atoms with Crippen LogP contribution in [0.4, 0.5) is 17.1 Å². The van der Waals surface area contributed by atoms with Gasteiger partial charge >= 0.3 is 0 Å². The molecule has 0 aliphatic rings. The van der Waals surface area contributed by atoms with E-state index in [1.807, 2.05) is 12.1 Å². The van der Waals surface area contributed by atoms with Crippen molar-refractivity contribution >= 4 is 51.9 Å². The van der Waals surface area contributed by atoms with Crippen molar-refractivity contribution in [3.63, 3.8) is 0 Å². The van der Waals surface area contributed by atoms with Gasteiger partial charge in [0.2, 0.25) is 0 Å². The summed E-state index contributed by atoms with van der Waals surface area (Å²) < 4.78 is 0. The lowest BCUT2D eigenvalue weighted by atomic mass is 10.2. The molecule has 5 heteroatoms. The van der Waals surface area contributed by atoms with Crippen LogP contribution in [0.3, 0.4) is 0 Å². The van der Waals surface area contributed by atoms with Crippen molar-refractivity contribution in [2.24, 2.45) is 0 Å². The normalized spacial score (nSPS) is 10.3. The van der Waals surface area contributed by atoms with Crippen LogP contribution in [0.25, 0.3) is 0 Å². The van der Waals surface area contributed by atoms with E-state index in [0.717, 1.165) is 5.69 Å². The molecule has 3 N–H and O–H groups in total. The molecular formula is C12H9Cl3N2. The molecule has 0 atom stereocenters. The second-order valence-corrected chi connectivity index (χ2v) is 4.66. The van der Waals surface area contributed by atoms with Gasteiger partial charge in [-0.15, -0.1) is 0 Å². The zero-order valence-electron chi connectivity index (χ0n) is 8.68. The minimum Gasteiger partial charge on any atom is -0.399 e. The van der Waals surface area contributed by atoms with E-state index in [9.17, 15) is 0 Å². The van der Waals surface area contributed by atoms with Crippen LogP contribution < -0.4 is 11.1 Å². The molecule has 2 rings (SSSR count). The molecule has 17 heavy (non-hydrogen) atoms. The molecule has 0 spiro atoms. The number of hydrogen-bond acceptors (Lipinski definition) is 2. The van der Waals surface area contributed by atoms with E-state index in [2.05, 4.69) is 5.32 Å². The van der Waals surface area contributed by atoms with Crippen LogP contribution in [0, 0.1) is 0 Å². The van der Waals surface area contributed by atoms with Crippen LogP contribution in [-0.4, -0.2) is 0 Å². The lowest BCUT2D eigenvalue weighted by Crippen LogP contribution is -1.93. The molecule has 88 valence electrons. The molecule has 0 heterocycles. The van der Waals surface area contributed by atoms with Gasteiger partial charge in [-0.3, -0.25) is 0 Å². The van der Waals surface area contributed by atoms with E-state index in [1.165, 1.54) is 0 Å². The van der Waals surface area contributed by atoms with E-state index < -0.39 is 0 Å². The zero-order valence-corrected chi connectivity index (χ0v) is 10.9. The number of nitrogens with one attached hydrogen (secondary N) is 1. The minimum absolute atomic E-state index is 0.460. The maximum atomic E-state index is 6.06. The Labute approximate surface area is 114 Å². The molecule has 0 fully saturated rings. The maximum absolute atomic E-state index is 6.06. The predicted octanol–water partition coefficient (Wildman–Crippen LogP) is 4.97. The van der Waals surface area contributed by atoms with Crippen molar-refractivity contribution in [1.82, 2.24) is 0 Å². The average molecular weight is 288 g/mol. The maximum Gasteiger partial charge on any atom is 0.0827 e. The van der Waals surface area contributed by atoms with Gasteiger partial charge in [0.05, 0.1) is 26.4 Å². The largest absolute Gasteiger partial charge is 0.399 e. The van der Waals surface area contributed by atoms with Crippen molar-refractivity contribution in [2.45, 2.75) is 0 Å². The van der Waals surface area contributed by atoms with Gasteiger partial charge in [0.25, 0.3) is 0 Å². The first-order valence-corrected chi connectivity index (χ1v) is 5.97. The zero-order chi connectivity index (χ0) is 12.4. The van der Waals surface area contributed by atoms with Crippen molar-refractivity contribution in [3.8, 4) is 0 Å². The molecular weight excluding hydrogens is 279 g/mol. The first kappa shape index (κ1) is 12.4. The third-order valence-electron chi connectivity index (χ3n) is 2.21. The second-order valence-electron chi connectivity index (χ2n) is 3.47. The van der Waals surface area contributed by atoms with Crippen LogP contribution in [0.1, 0.15) is 0 Å². The SMILES string of the molecule is Nc1ccc(Nc2cccc(Cl)c2Cl)c(Cl)c1. The number of benzene rings is 2. The molecule has 0 aliphatic carbocycles. The molecule has 0 radical (unpaired) electrons. The Hall–Kier alpha value is -1.09. The highest BCUT2D eigenvalue weighted by Gasteiger charge is 2.06. The summed E-state index contributed by atoms with van der Waals surface area (Å²) in [5, 5.41) is 4.58. The van der Waals surface area contributed by atoms with E-state index in [1.54, 1.807) is 24.3 Å². The molecule has 2 nitrogen and oxygen atoms in total.